The number of hydrogen-bond acceptors (Lipinski definition) is 5. The molecule has 4 aromatic rings. The topological polar surface area (TPSA) is 60.5 Å². The lowest BCUT2D eigenvalue weighted by Crippen LogP contribution is -2.12. The number of rotatable bonds is 5. The number of fused-ring (bicyclic) bond motifs is 3. The quantitative estimate of drug-likeness (QED) is 0.493. The molecule has 0 radical (unpaired) electrons. The number of thiazole rings is 1. The molecule has 5 nitrogen and oxygen atoms in total. The lowest BCUT2D eigenvalue weighted by atomic mass is 10.1. The molecule has 0 saturated heterocycles. The van der Waals surface area contributed by atoms with E-state index in [0.717, 1.165) is 21.0 Å². The third-order valence-corrected chi connectivity index (χ3v) is 5.08. The molecule has 1 N–H and O–H groups in total. The molecule has 1 heterocycles. The molecule has 0 aliphatic heterocycles. The van der Waals surface area contributed by atoms with Crippen LogP contribution in [0.25, 0.3) is 21.0 Å². The lowest BCUT2D eigenvalue weighted by molar-refractivity contribution is -0.0512. The second-order valence-electron chi connectivity index (χ2n) is 5.85. The molecule has 0 bridgehead atoms. The highest BCUT2D eigenvalue weighted by atomic mass is 32.1. The molecule has 0 aliphatic rings. The fourth-order valence-corrected chi connectivity index (χ4v) is 3.76. The van der Waals surface area contributed by atoms with Crippen molar-refractivity contribution < 1.29 is 23.0 Å². The van der Waals surface area contributed by atoms with Crippen LogP contribution in [0.15, 0.2) is 54.6 Å². The number of nitrogens with zero attached hydrogens (tertiary/aromatic N) is 1. The number of hydrogen-bond donors (Lipinski definition) is 1. The van der Waals surface area contributed by atoms with E-state index < -0.39 is 12.5 Å². The van der Waals surface area contributed by atoms with Crippen molar-refractivity contribution in [2.24, 2.45) is 0 Å². The van der Waals surface area contributed by atoms with Crippen LogP contribution < -0.4 is 14.8 Å². The van der Waals surface area contributed by atoms with E-state index >= 15 is 0 Å². The molecule has 4 rings (SSSR count). The number of aromatic nitrogens is 1. The van der Waals surface area contributed by atoms with Crippen molar-refractivity contribution in [3.8, 4) is 11.5 Å². The van der Waals surface area contributed by atoms with Crippen molar-refractivity contribution in [2.45, 2.75) is 6.61 Å². The van der Waals surface area contributed by atoms with Gasteiger partial charge >= 0.3 is 6.61 Å². The summed E-state index contributed by atoms with van der Waals surface area (Å²) in [6.07, 6.45) is 0. The highest BCUT2D eigenvalue weighted by Crippen LogP contribution is 2.33. The molecule has 0 fully saturated rings. The maximum atomic E-state index is 12.6. The Bertz CT molecular complexity index is 1180. The summed E-state index contributed by atoms with van der Waals surface area (Å²) in [5, 5.41) is 5.27. The molecule has 0 aliphatic carbocycles. The zero-order valence-electron chi connectivity index (χ0n) is 14.6. The zero-order chi connectivity index (χ0) is 19.7. The molecule has 0 spiro atoms. The van der Waals surface area contributed by atoms with Gasteiger partial charge in [-0.3, -0.25) is 10.1 Å². The maximum absolute atomic E-state index is 12.6. The molecule has 0 saturated carbocycles. The fourth-order valence-electron chi connectivity index (χ4n) is 2.89. The molecular weight excluding hydrogens is 386 g/mol. The SMILES string of the molecule is COc1cc(C(=O)Nc2nc3c(ccc4ccccc43)s2)ccc1OC(F)F. The normalized spacial score (nSPS) is 11.1. The van der Waals surface area contributed by atoms with Crippen molar-refractivity contribution in [1.29, 1.82) is 0 Å². The highest BCUT2D eigenvalue weighted by Gasteiger charge is 2.16. The van der Waals surface area contributed by atoms with Gasteiger partial charge in [0.25, 0.3) is 5.91 Å². The van der Waals surface area contributed by atoms with Crippen LogP contribution in [0, 0.1) is 0 Å². The molecule has 8 heteroatoms. The predicted molar refractivity (Wildman–Crippen MR) is 105 cm³/mol. The maximum Gasteiger partial charge on any atom is 0.387 e. The van der Waals surface area contributed by atoms with Crippen molar-refractivity contribution in [3.05, 3.63) is 60.2 Å². The van der Waals surface area contributed by atoms with E-state index in [2.05, 4.69) is 15.0 Å². The van der Waals surface area contributed by atoms with E-state index in [4.69, 9.17) is 4.74 Å². The Morgan fingerprint density at radius 3 is 2.71 bits per heavy atom. The minimum Gasteiger partial charge on any atom is -0.493 e. The third-order valence-electron chi connectivity index (χ3n) is 4.15. The lowest BCUT2D eigenvalue weighted by Gasteiger charge is -2.11. The summed E-state index contributed by atoms with van der Waals surface area (Å²) in [5.74, 6) is -0.519. The zero-order valence-corrected chi connectivity index (χ0v) is 15.4. The van der Waals surface area contributed by atoms with Crippen LogP contribution in [0.1, 0.15) is 10.4 Å². The van der Waals surface area contributed by atoms with Crippen molar-refractivity contribution in [1.82, 2.24) is 4.98 Å². The van der Waals surface area contributed by atoms with Crippen LogP contribution in [-0.2, 0) is 0 Å². The van der Waals surface area contributed by atoms with Crippen LogP contribution in [-0.4, -0.2) is 24.6 Å². The highest BCUT2D eigenvalue weighted by molar-refractivity contribution is 7.22. The van der Waals surface area contributed by atoms with Crippen molar-refractivity contribution in [3.63, 3.8) is 0 Å². The van der Waals surface area contributed by atoms with E-state index in [-0.39, 0.29) is 17.1 Å². The molecule has 3 aromatic carbocycles. The first-order valence-corrected chi connectivity index (χ1v) is 9.09. The van der Waals surface area contributed by atoms with E-state index in [1.165, 1.54) is 36.6 Å². The van der Waals surface area contributed by atoms with Crippen LogP contribution in [0.2, 0.25) is 0 Å². The molecule has 0 atom stereocenters. The molecule has 142 valence electrons. The Hall–Kier alpha value is -3.26. The molecule has 0 unspecified atom stereocenters. The van der Waals surface area contributed by atoms with Gasteiger partial charge in [-0.05, 0) is 29.7 Å². The Morgan fingerprint density at radius 2 is 1.93 bits per heavy atom. The molecule has 1 amide bonds. The van der Waals surface area contributed by atoms with Gasteiger partial charge in [0.15, 0.2) is 16.6 Å². The van der Waals surface area contributed by atoms with Gasteiger partial charge in [-0.15, -0.1) is 0 Å². The number of methoxy groups -OCH3 is 1. The van der Waals surface area contributed by atoms with Gasteiger partial charge in [-0.2, -0.15) is 8.78 Å². The number of amides is 1. The van der Waals surface area contributed by atoms with Gasteiger partial charge in [0.05, 0.1) is 17.3 Å². The third kappa shape index (κ3) is 3.46. The summed E-state index contributed by atoms with van der Waals surface area (Å²) in [4.78, 5) is 17.1. The number of carbonyl (C=O) groups excluding carboxylic acids is 1. The van der Waals surface area contributed by atoms with Crippen molar-refractivity contribution in [2.75, 3.05) is 12.4 Å². The van der Waals surface area contributed by atoms with Crippen molar-refractivity contribution >= 4 is 43.4 Å². The number of benzene rings is 3. The average molecular weight is 400 g/mol. The van der Waals surface area contributed by atoms with Gasteiger partial charge in [0.2, 0.25) is 0 Å². The van der Waals surface area contributed by atoms with Crippen LogP contribution in [0.5, 0.6) is 11.5 Å². The molecule has 1 aromatic heterocycles. The van der Waals surface area contributed by atoms with Gasteiger partial charge in [-0.1, -0.05) is 41.7 Å². The monoisotopic (exact) mass is 400 g/mol. The Labute approximate surface area is 162 Å². The smallest absolute Gasteiger partial charge is 0.387 e. The summed E-state index contributed by atoms with van der Waals surface area (Å²) in [6.45, 7) is -2.98. The minimum absolute atomic E-state index is 0.0447. The van der Waals surface area contributed by atoms with E-state index in [0.29, 0.717) is 5.13 Å². The van der Waals surface area contributed by atoms with Crippen LogP contribution >= 0.6 is 11.3 Å². The van der Waals surface area contributed by atoms with E-state index in [1.54, 1.807) is 0 Å². The van der Waals surface area contributed by atoms with Gasteiger partial charge in [-0.25, -0.2) is 4.98 Å². The van der Waals surface area contributed by atoms with E-state index in [9.17, 15) is 13.6 Å². The van der Waals surface area contributed by atoms with Crippen LogP contribution in [0.3, 0.4) is 0 Å². The number of alkyl halides is 2. The standard InChI is InChI=1S/C20H14F2N2O3S/c1-26-15-10-12(6-8-14(15)27-19(21)22)18(25)24-20-23-17-13-5-3-2-4-11(13)7-9-16(17)28-20/h2-10,19H,1H3,(H,23,24,25). The Kier molecular flexibility index (Phi) is 4.79. The van der Waals surface area contributed by atoms with Gasteiger partial charge in [0, 0.05) is 10.9 Å². The number of carbonyl (C=O) groups is 1. The summed E-state index contributed by atoms with van der Waals surface area (Å²) < 4.78 is 35.2. The summed E-state index contributed by atoms with van der Waals surface area (Å²) >= 11 is 1.36. The number of anilines is 1. The van der Waals surface area contributed by atoms with E-state index in [1.807, 2.05) is 36.4 Å². The second-order valence-corrected chi connectivity index (χ2v) is 6.88. The first kappa shape index (κ1) is 18.1. The molecular formula is C20H14F2N2O3S. The number of halogens is 2. The summed E-state index contributed by atoms with van der Waals surface area (Å²) in [6, 6.07) is 15.8. The minimum atomic E-state index is -2.98. The first-order valence-electron chi connectivity index (χ1n) is 8.27. The summed E-state index contributed by atoms with van der Waals surface area (Å²) in [5.41, 5.74) is 1.05. The first-order chi connectivity index (χ1) is 13.5. The van der Waals surface area contributed by atoms with Gasteiger partial charge < -0.3 is 9.47 Å². The number of nitrogens with one attached hydrogen (secondary N) is 1. The van der Waals surface area contributed by atoms with Gasteiger partial charge in [0.1, 0.15) is 0 Å². The second kappa shape index (κ2) is 7.40. The summed E-state index contributed by atoms with van der Waals surface area (Å²) in [7, 11) is 1.31. The Balaban J connectivity index is 1.62. The number of ether oxygens (including phenoxy) is 2. The fraction of sp³-hybridized carbons (Fsp3) is 0.100. The largest absolute Gasteiger partial charge is 0.493 e. The predicted octanol–water partition coefficient (Wildman–Crippen LogP) is 5.31. The molecule has 28 heavy (non-hydrogen) atoms. The average Bonchev–Trinajstić information content (AvgIpc) is 3.10. The Morgan fingerprint density at radius 1 is 1.11 bits per heavy atom. The van der Waals surface area contributed by atoms with Crippen LogP contribution in [0.4, 0.5) is 13.9 Å².